The minimum Gasteiger partial charge on any atom is -0.493 e. The summed E-state index contributed by atoms with van der Waals surface area (Å²) in [5, 5.41) is 0. The lowest BCUT2D eigenvalue weighted by Gasteiger charge is -2.05. The van der Waals surface area contributed by atoms with Crippen molar-refractivity contribution < 1.29 is 9.53 Å². The van der Waals surface area contributed by atoms with Crippen LogP contribution in [0.4, 0.5) is 0 Å². The lowest BCUT2D eigenvalue weighted by molar-refractivity contribution is -0.104. The fourth-order valence-corrected chi connectivity index (χ4v) is 1.20. The second kappa shape index (κ2) is 4.65. The molecule has 0 aromatic heterocycles. The molecule has 0 amide bonds. The molecule has 1 aliphatic heterocycles. The first-order chi connectivity index (χ1) is 6.63. The molecular formula is C11H15NO2. The normalized spacial score (nSPS) is 19.7. The highest BCUT2D eigenvalue weighted by molar-refractivity contribution is 5.77. The van der Waals surface area contributed by atoms with E-state index in [0.717, 1.165) is 24.0 Å². The minimum absolute atomic E-state index is 0.591. The largest absolute Gasteiger partial charge is 0.493 e. The van der Waals surface area contributed by atoms with Gasteiger partial charge in [0.25, 0.3) is 0 Å². The molecule has 1 heterocycles. The fourth-order valence-electron chi connectivity index (χ4n) is 1.20. The first kappa shape index (κ1) is 10.6. The molecule has 76 valence electrons. The van der Waals surface area contributed by atoms with Crippen LogP contribution in [-0.2, 0) is 9.53 Å². The Morgan fingerprint density at radius 2 is 2.29 bits per heavy atom. The van der Waals surface area contributed by atoms with E-state index in [4.69, 9.17) is 4.74 Å². The van der Waals surface area contributed by atoms with Crippen LogP contribution in [0.2, 0.25) is 0 Å². The highest BCUT2D eigenvalue weighted by Gasteiger charge is 2.12. The van der Waals surface area contributed by atoms with Gasteiger partial charge >= 0.3 is 0 Å². The number of carbonyl (C=O) groups is 1. The van der Waals surface area contributed by atoms with E-state index in [1.165, 1.54) is 0 Å². The third kappa shape index (κ3) is 2.76. The van der Waals surface area contributed by atoms with Gasteiger partial charge in [-0.2, -0.15) is 0 Å². The van der Waals surface area contributed by atoms with E-state index in [1.807, 2.05) is 19.0 Å². The molecular weight excluding hydrogens is 178 g/mol. The van der Waals surface area contributed by atoms with Crippen LogP contribution in [0.1, 0.15) is 6.42 Å². The molecule has 0 saturated carbocycles. The van der Waals surface area contributed by atoms with Crippen molar-refractivity contribution in [2.24, 2.45) is 0 Å². The van der Waals surface area contributed by atoms with Gasteiger partial charge in [-0.05, 0) is 11.6 Å². The summed E-state index contributed by atoms with van der Waals surface area (Å²) in [6.07, 6.45) is 5.12. The topological polar surface area (TPSA) is 29.5 Å². The molecule has 0 N–H and O–H groups in total. The monoisotopic (exact) mass is 193 g/mol. The Bertz CT molecular complexity index is 300. The highest BCUT2D eigenvalue weighted by Crippen LogP contribution is 2.22. The Hall–Kier alpha value is -1.51. The Labute approximate surface area is 84.3 Å². The SMILES string of the molecule is C=C1CCO/C1=C/C(C=O)=C/N(C)C. The number of hydrogen-bond acceptors (Lipinski definition) is 3. The summed E-state index contributed by atoms with van der Waals surface area (Å²) in [7, 11) is 3.73. The average molecular weight is 193 g/mol. The Balaban J connectivity index is 2.82. The molecule has 0 atom stereocenters. The van der Waals surface area contributed by atoms with Gasteiger partial charge in [-0.25, -0.2) is 0 Å². The van der Waals surface area contributed by atoms with E-state index in [1.54, 1.807) is 12.3 Å². The summed E-state index contributed by atoms with van der Waals surface area (Å²) >= 11 is 0. The van der Waals surface area contributed by atoms with Gasteiger partial charge in [0.2, 0.25) is 0 Å². The maximum Gasteiger partial charge on any atom is 0.151 e. The van der Waals surface area contributed by atoms with Gasteiger partial charge < -0.3 is 9.64 Å². The Morgan fingerprint density at radius 1 is 1.57 bits per heavy atom. The summed E-state index contributed by atoms with van der Waals surface area (Å²) in [6, 6.07) is 0. The second-order valence-corrected chi connectivity index (χ2v) is 3.42. The van der Waals surface area contributed by atoms with Gasteiger partial charge in [-0.1, -0.05) is 6.58 Å². The predicted octanol–water partition coefficient (Wildman–Crippen LogP) is 1.49. The smallest absolute Gasteiger partial charge is 0.151 e. The Kier molecular flexibility index (Phi) is 3.51. The molecule has 0 spiro atoms. The van der Waals surface area contributed by atoms with Crippen molar-refractivity contribution in [3.63, 3.8) is 0 Å². The summed E-state index contributed by atoms with van der Waals surface area (Å²) in [5.41, 5.74) is 1.55. The zero-order valence-electron chi connectivity index (χ0n) is 8.62. The van der Waals surface area contributed by atoms with Crippen molar-refractivity contribution in [3.8, 4) is 0 Å². The van der Waals surface area contributed by atoms with Gasteiger partial charge in [-0.3, -0.25) is 4.79 Å². The third-order valence-corrected chi connectivity index (χ3v) is 1.85. The summed E-state index contributed by atoms with van der Waals surface area (Å²) in [4.78, 5) is 12.5. The minimum atomic E-state index is 0.591. The van der Waals surface area contributed by atoms with Crippen LogP contribution in [0.5, 0.6) is 0 Å². The summed E-state index contributed by atoms with van der Waals surface area (Å²) in [6.45, 7) is 4.52. The van der Waals surface area contributed by atoms with E-state index < -0.39 is 0 Å². The molecule has 1 aliphatic rings. The van der Waals surface area contributed by atoms with E-state index in [9.17, 15) is 4.79 Å². The van der Waals surface area contributed by atoms with Crippen LogP contribution in [-0.4, -0.2) is 31.9 Å². The van der Waals surface area contributed by atoms with E-state index >= 15 is 0 Å². The number of ether oxygens (including phenoxy) is 1. The van der Waals surface area contributed by atoms with Crippen LogP contribution in [0.3, 0.4) is 0 Å². The summed E-state index contributed by atoms with van der Waals surface area (Å²) in [5.74, 6) is 0.727. The molecule has 0 aromatic rings. The van der Waals surface area contributed by atoms with Crippen molar-refractivity contribution in [2.45, 2.75) is 6.42 Å². The molecule has 14 heavy (non-hydrogen) atoms. The van der Waals surface area contributed by atoms with E-state index in [-0.39, 0.29) is 0 Å². The number of carbonyl (C=O) groups excluding carboxylic acids is 1. The lowest BCUT2D eigenvalue weighted by atomic mass is 10.2. The zero-order chi connectivity index (χ0) is 10.6. The maximum absolute atomic E-state index is 10.7. The quantitative estimate of drug-likeness (QED) is 0.502. The molecule has 0 radical (unpaired) electrons. The first-order valence-electron chi connectivity index (χ1n) is 4.49. The van der Waals surface area contributed by atoms with E-state index in [2.05, 4.69) is 6.58 Å². The van der Waals surface area contributed by atoms with Crippen LogP contribution in [0, 0.1) is 0 Å². The molecule has 1 rings (SSSR count). The van der Waals surface area contributed by atoms with Gasteiger partial charge in [0.15, 0.2) is 6.29 Å². The lowest BCUT2D eigenvalue weighted by Crippen LogP contribution is -2.03. The van der Waals surface area contributed by atoms with E-state index in [0.29, 0.717) is 12.2 Å². The number of hydrogen-bond donors (Lipinski definition) is 0. The summed E-state index contributed by atoms with van der Waals surface area (Å²) < 4.78 is 5.32. The van der Waals surface area contributed by atoms with Crippen molar-refractivity contribution in [1.82, 2.24) is 4.90 Å². The molecule has 0 aromatic carbocycles. The average Bonchev–Trinajstić information content (AvgIpc) is 2.50. The van der Waals surface area contributed by atoms with Crippen LogP contribution in [0.15, 0.2) is 35.8 Å². The predicted molar refractivity (Wildman–Crippen MR) is 55.6 cm³/mol. The Morgan fingerprint density at radius 3 is 2.71 bits per heavy atom. The highest BCUT2D eigenvalue weighted by atomic mass is 16.5. The number of allylic oxidation sites excluding steroid dienone is 3. The number of aldehydes is 1. The second-order valence-electron chi connectivity index (χ2n) is 3.42. The van der Waals surface area contributed by atoms with Crippen LogP contribution < -0.4 is 0 Å². The van der Waals surface area contributed by atoms with Gasteiger partial charge in [0, 0.05) is 32.3 Å². The molecule has 0 unspecified atom stereocenters. The van der Waals surface area contributed by atoms with Gasteiger partial charge in [-0.15, -0.1) is 0 Å². The first-order valence-corrected chi connectivity index (χ1v) is 4.49. The molecule has 3 heteroatoms. The molecule has 1 saturated heterocycles. The standard InChI is InChI=1S/C11H15NO2/c1-9-4-5-14-11(9)6-10(8-13)7-12(2)3/h6-8H,1,4-5H2,2-3H3/b10-7-,11-6+. The number of nitrogens with zero attached hydrogens (tertiary/aromatic N) is 1. The van der Waals surface area contributed by atoms with Gasteiger partial charge in [0.1, 0.15) is 5.76 Å². The molecule has 3 nitrogen and oxygen atoms in total. The molecule has 1 fully saturated rings. The molecule has 0 bridgehead atoms. The third-order valence-electron chi connectivity index (χ3n) is 1.85. The number of rotatable bonds is 3. The van der Waals surface area contributed by atoms with Crippen LogP contribution in [0.25, 0.3) is 0 Å². The molecule has 0 aliphatic carbocycles. The van der Waals surface area contributed by atoms with Crippen molar-refractivity contribution >= 4 is 6.29 Å². The zero-order valence-corrected chi connectivity index (χ0v) is 8.62. The fraction of sp³-hybridized carbons (Fsp3) is 0.364. The van der Waals surface area contributed by atoms with Crippen LogP contribution >= 0.6 is 0 Å². The van der Waals surface area contributed by atoms with Gasteiger partial charge in [0.05, 0.1) is 6.61 Å². The van der Waals surface area contributed by atoms with Crippen molar-refractivity contribution in [2.75, 3.05) is 20.7 Å². The van der Waals surface area contributed by atoms with Crippen molar-refractivity contribution in [3.05, 3.63) is 35.8 Å². The maximum atomic E-state index is 10.7. The van der Waals surface area contributed by atoms with Crippen molar-refractivity contribution in [1.29, 1.82) is 0 Å².